The van der Waals surface area contributed by atoms with Gasteiger partial charge in [0.25, 0.3) is 0 Å². The van der Waals surface area contributed by atoms with Crippen LogP contribution < -0.4 is 10.6 Å². The number of nitrogens with one attached hydrogen (secondary N) is 2. The molecule has 0 saturated heterocycles. The molecule has 0 bridgehead atoms. The topological polar surface area (TPSA) is 59.1 Å². The van der Waals surface area contributed by atoms with Gasteiger partial charge < -0.3 is 15.4 Å². The number of aryl methyl sites for hydroxylation is 1. The highest BCUT2D eigenvalue weighted by Crippen LogP contribution is 2.14. The number of aromatic nitrogens is 2. The van der Waals surface area contributed by atoms with Crippen molar-refractivity contribution in [2.24, 2.45) is 0 Å². The molecule has 1 heterocycles. The van der Waals surface area contributed by atoms with Gasteiger partial charge in [-0.15, -0.1) is 0 Å². The van der Waals surface area contributed by atoms with E-state index in [-0.39, 0.29) is 0 Å². The van der Waals surface area contributed by atoms with E-state index in [4.69, 9.17) is 16.3 Å². The summed E-state index contributed by atoms with van der Waals surface area (Å²) in [4.78, 5) is 8.78. The van der Waals surface area contributed by atoms with Crippen molar-refractivity contribution >= 4 is 23.2 Å². The smallest absolute Gasteiger partial charge is 0.132 e. The quantitative estimate of drug-likeness (QED) is 0.729. The van der Waals surface area contributed by atoms with E-state index in [1.54, 1.807) is 7.11 Å². The molecule has 6 heteroatoms. The third-order valence-electron chi connectivity index (χ3n) is 3.06. The van der Waals surface area contributed by atoms with Gasteiger partial charge in [0.1, 0.15) is 17.5 Å². The summed E-state index contributed by atoms with van der Waals surface area (Å²) in [6.07, 6.45) is 0.938. The number of anilines is 2. The molecule has 0 amide bonds. The van der Waals surface area contributed by atoms with E-state index in [0.717, 1.165) is 47.6 Å². The van der Waals surface area contributed by atoms with Crippen LogP contribution in [0.4, 0.5) is 11.6 Å². The first-order valence-electron chi connectivity index (χ1n) is 7.24. The Kier molecular flexibility index (Phi) is 6.43. The number of ether oxygens (including phenoxy) is 1. The average Bonchev–Trinajstić information content (AvgIpc) is 2.51. The summed E-state index contributed by atoms with van der Waals surface area (Å²) in [6, 6.07) is 9.66. The molecule has 0 spiro atoms. The molecule has 0 atom stereocenters. The number of hydrogen-bond acceptors (Lipinski definition) is 5. The van der Waals surface area contributed by atoms with E-state index in [0.29, 0.717) is 6.54 Å². The number of benzene rings is 1. The number of rotatable bonds is 8. The summed E-state index contributed by atoms with van der Waals surface area (Å²) in [6.45, 7) is 4.13. The minimum Gasteiger partial charge on any atom is -0.385 e. The Bertz CT molecular complexity index is 589. The van der Waals surface area contributed by atoms with Gasteiger partial charge in [-0.05, 0) is 31.0 Å². The minimum absolute atomic E-state index is 0.691. The molecule has 1 aromatic carbocycles. The fourth-order valence-corrected chi connectivity index (χ4v) is 2.10. The third-order valence-corrected chi connectivity index (χ3v) is 3.31. The summed E-state index contributed by atoms with van der Waals surface area (Å²) in [5.74, 6) is 2.36. The fraction of sp³-hybridized carbons (Fsp3) is 0.375. The first kappa shape index (κ1) is 16.5. The largest absolute Gasteiger partial charge is 0.385 e. The highest BCUT2D eigenvalue weighted by molar-refractivity contribution is 6.30. The molecule has 0 aliphatic heterocycles. The van der Waals surface area contributed by atoms with Crippen LogP contribution in [0.2, 0.25) is 5.02 Å². The second-order valence-electron chi connectivity index (χ2n) is 4.94. The lowest BCUT2D eigenvalue weighted by Gasteiger charge is -2.10. The van der Waals surface area contributed by atoms with Gasteiger partial charge in [0.15, 0.2) is 0 Å². The van der Waals surface area contributed by atoms with Crippen molar-refractivity contribution in [2.45, 2.75) is 19.9 Å². The zero-order valence-corrected chi connectivity index (χ0v) is 13.7. The van der Waals surface area contributed by atoms with Crippen molar-refractivity contribution in [2.75, 3.05) is 30.9 Å². The lowest BCUT2D eigenvalue weighted by molar-refractivity contribution is 0.198. The molecule has 5 nitrogen and oxygen atoms in total. The van der Waals surface area contributed by atoms with Gasteiger partial charge in [-0.2, -0.15) is 0 Å². The summed E-state index contributed by atoms with van der Waals surface area (Å²) in [7, 11) is 1.70. The molecule has 0 fully saturated rings. The van der Waals surface area contributed by atoms with Gasteiger partial charge in [0, 0.05) is 37.9 Å². The Morgan fingerprint density at radius 3 is 2.45 bits per heavy atom. The fourth-order valence-electron chi connectivity index (χ4n) is 1.98. The molecule has 0 unspecified atom stereocenters. The molecule has 2 rings (SSSR count). The van der Waals surface area contributed by atoms with Crippen LogP contribution in [0.15, 0.2) is 30.3 Å². The van der Waals surface area contributed by atoms with Crippen molar-refractivity contribution < 1.29 is 4.74 Å². The molecule has 0 aliphatic rings. The molecular weight excluding hydrogens is 300 g/mol. The van der Waals surface area contributed by atoms with Gasteiger partial charge in [0.05, 0.1) is 0 Å². The van der Waals surface area contributed by atoms with Crippen molar-refractivity contribution in [1.29, 1.82) is 0 Å². The Morgan fingerprint density at radius 1 is 1.09 bits per heavy atom. The Hall–Kier alpha value is -1.85. The van der Waals surface area contributed by atoms with E-state index in [1.807, 2.05) is 37.3 Å². The number of halogens is 1. The van der Waals surface area contributed by atoms with E-state index in [2.05, 4.69) is 20.6 Å². The predicted octanol–water partition coefficient (Wildman–Crippen LogP) is 3.50. The Morgan fingerprint density at radius 2 is 1.77 bits per heavy atom. The monoisotopic (exact) mass is 320 g/mol. The second-order valence-corrected chi connectivity index (χ2v) is 5.38. The van der Waals surface area contributed by atoms with Crippen molar-refractivity contribution in [3.63, 3.8) is 0 Å². The van der Waals surface area contributed by atoms with Gasteiger partial charge in [-0.3, -0.25) is 0 Å². The molecule has 0 saturated carbocycles. The molecule has 2 N–H and O–H groups in total. The lowest BCUT2D eigenvalue weighted by Crippen LogP contribution is -2.09. The average molecular weight is 321 g/mol. The lowest BCUT2D eigenvalue weighted by atomic mass is 10.2. The van der Waals surface area contributed by atoms with Crippen LogP contribution >= 0.6 is 11.6 Å². The second kappa shape index (κ2) is 8.56. The van der Waals surface area contributed by atoms with Crippen LogP contribution in [0, 0.1) is 6.92 Å². The molecule has 22 heavy (non-hydrogen) atoms. The van der Waals surface area contributed by atoms with Crippen LogP contribution in [0.3, 0.4) is 0 Å². The summed E-state index contributed by atoms with van der Waals surface area (Å²) >= 11 is 5.88. The molecule has 118 valence electrons. The molecule has 1 aromatic heterocycles. The summed E-state index contributed by atoms with van der Waals surface area (Å²) in [5, 5.41) is 7.32. The van der Waals surface area contributed by atoms with Crippen LogP contribution in [-0.4, -0.2) is 30.2 Å². The van der Waals surface area contributed by atoms with Crippen molar-refractivity contribution in [1.82, 2.24) is 9.97 Å². The van der Waals surface area contributed by atoms with Gasteiger partial charge in [0.2, 0.25) is 0 Å². The van der Waals surface area contributed by atoms with Gasteiger partial charge >= 0.3 is 0 Å². The highest BCUT2D eigenvalue weighted by Gasteiger charge is 2.02. The minimum atomic E-state index is 0.691. The van der Waals surface area contributed by atoms with Crippen LogP contribution in [-0.2, 0) is 11.3 Å². The van der Waals surface area contributed by atoms with Crippen LogP contribution in [0.5, 0.6) is 0 Å². The highest BCUT2D eigenvalue weighted by atomic mass is 35.5. The SMILES string of the molecule is COCCCNc1cc(NCc2ccc(Cl)cc2)nc(C)n1. The van der Waals surface area contributed by atoms with E-state index >= 15 is 0 Å². The predicted molar refractivity (Wildman–Crippen MR) is 90.5 cm³/mol. The Labute approximate surface area is 136 Å². The standard InChI is InChI=1S/C16H21ClN4O/c1-12-20-15(18-8-3-9-22-2)10-16(21-12)19-11-13-4-6-14(17)7-5-13/h4-7,10H,3,8-9,11H2,1-2H3,(H2,18,19,20,21). The van der Waals surface area contributed by atoms with Crippen molar-refractivity contribution in [3.05, 3.63) is 46.7 Å². The first-order chi connectivity index (χ1) is 10.7. The molecule has 2 aromatic rings. The third kappa shape index (κ3) is 5.50. The normalized spacial score (nSPS) is 10.5. The number of nitrogens with zero attached hydrogens (tertiary/aromatic N) is 2. The zero-order valence-electron chi connectivity index (χ0n) is 12.9. The maximum Gasteiger partial charge on any atom is 0.132 e. The maximum atomic E-state index is 5.88. The van der Waals surface area contributed by atoms with Crippen molar-refractivity contribution in [3.8, 4) is 0 Å². The van der Waals surface area contributed by atoms with E-state index in [1.165, 1.54) is 0 Å². The van der Waals surface area contributed by atoms with Crippen LogP contribution in [0.1, 0.15) is 17.8 Å². The first-order valence-corrected chi connectivity index (χ1v) is 7.62. The summed E-state index contributed by atoms with van der Waals surface area (Å²) in [5.41, 5.74) is 1.15. The van der Waals surface area contributed by atoms with Gasteiger partial charge in [-0.1, -0.05) is 23.7 Å². The van der Waals surface area contributed by atoms with E-state index < -0.39 is 0 Å². The molecule has 0 aliphatic carbocycles. The molecular formula is C16H21ClN4O. The molecule has 0 radical (unpaired) electrons. The van der Waals surface area contributed by atoms with Gasteiger partial charge in [-0.25, -0.2) is 9.97 Å². The summed E-state index contributed by atoms with van der Waals surface area (Å²) < 4.78 is 5.03. The zero-order chi connectivity index (χ0) is 15.8. The van der Waals surface area contributed by atoms with Crippen LogP contribution in [0.25, 0.3) is 0 Å². The Balaban J connectivity index is 1.92. The van der Waals surface area contributed by atoms with E-state index in [9.17, 15) is 0 Å². The number of methoxy groups -OCH3 is 1. The maximum absolute atomic E-state index is 5.88. The number of hydrogen-bond donors (Lipinski definition) is 2.